The van der Waals surface area contributed by atoms with E-state index in [-0.39, 0.29) is 23.5 Å². The van der Waals surface area contributed by atoms with Gasteiger partial charge in [0, 0.05) is 25.0 Å². The molecule has 4 rings (SSSR count). The summed E-state index contributed by atoms with van der Waals surface area (Å²) in [4.78, 5) is 33.9. The monoisotopic (exact) mass is 419 g/mol. The summed E-state index contributed by atoms with van der Waals surface area (Å²) in [6.07, 6.45) is 4.06. The van der Waals surface area contributed by atoms with E-state index < -0.39 is 11.2 Å². The number of nitrogens with two attached hydrogens (primary N) is 1. The molecule has 3 heterocycles. The van der Waals surface area contributed by atoms with Gasteiger partial charge >= 0.3 is 5.69 Å². The van der Waals surface area contributed by atoms with E-state index in [1.54, 1.807) is 42.7 Å². The number of ether oxygens (including phenoxy) is 1. The van der Waals surface area contributed by atoms with Crippen molar-refractivity contribution in [3.63, 3.8) is 0 Å². The highest BCUT2D eigenvalue weighted by Crippen LogP contribution is 2.20. The smallest absolute Gasteiger partial charge is 0.332 e. The average Bonchev–Trinajstić information content (AvgIpc) is 2.81. The van der Waals surface area contributed by atoms with Crippen molar-refractivity contribution in [2.24, 2.45) is 12.8 Å². The number of rotatable bonds is 7. The Morgan fingerprint density at radius 3 is 2.61 bits per heavy atom. The fourth-order valence-electron chi connectivity index (χ4n) is 3.08. The van der Waals surface area contributed by atoms with E-state index in [0.717, 1.165) is 16.6 Å². The number of aromatic nitrogens is 6. The second-order valence-corrected chi connectivity index (χ2v) is 6.92. The molecular weight excluding hydrogens is 398 g/mol. The first-order valence-corrected chi connectivity index (χ1v) is 9.75. The molecule has 2 N–H and O–H groups in total. The van der Waals surface area contributed by atoms with Crippen molar-refractivity contribution in [2.45, 2.75) is 13.0 Å². The van der Waals surface area contributed by atoms with Crippen molar-refractivity contribution in [2.75, 3.05) is 13.2 Å². The molecule has 0 aliphatic heterocycles. The van der Waals surface area contributed by atoms with Crippen LogP contribution in [0.1, 0.15) is 12.0 Å². The van der Waals surface area contributed by atoms with E-state index in [1.807, 2.05) is 6.07 Å². The highest BCUT2D eigenvalue weighted by molar-refractivity contribution is 5.71. The second kappa shape index (κ2) is 8.84. The summed E-state index contributed by atoms with van der Waals surface area (Å²) in [5.41, 5.74) is 6.11. The number of fused-ring (bicyclic) bond motifs is 1. The molecule has 0 saturated carbocycles. The van der Waals surface area contributed by atoms with Crippen LogP contribution in [0.4, 0.5) is 0 Å². The zero-order valence-corrected chi connectivity index (χ0v) is 16.9. The van der Waals surface area contributed by atoms with Gasteiger partial charge in [-0.1, -0.05) is 6.07 Å². The van der Waals surface area contributed by atoms with Crippen molar-refractivity contribution in [1.29, 1.82) is 0 Å². The SMILES string of the molecule is Cn1c(=O)c2nc(-c3ccc(OCCCN)cc3)nnc2n(Cc2cccnc2)c1=O. The molecule has 0 bridgehead atoms. The van der Waals surface area contributed by atoms with Crippen LogP contribution in [0.25, 0.3) is 22.6 Å². The maximum Gasteiger partial charge on any atom is 0.332 e. The van der Waals surface area contributed by atoms with Crippen LogP contribution in [-0.2, 0) is 13.6 Å². The molecule has 0 amide bonds. The molecule has 10 nitrogen and oxygen atoms in total. The van der Waals surface area contributed by atoms with E-state index >= 15 is 0 Å². The number of nitrogens with zero attached hydrogens (tertiary/aromatic N) is 6. The zero-order valence-electron chi connectivity index (χ0n) is 16.9. The highest BCUT2D eigenvalue weighted by Gasteiger charge is 2.16. The van der Waals surface area contributed by atoms with Crippen molar-refractivity contribution in [3.8, 4) is 17.1 Å². The Morgan fingerprint density at radius 2 is 1.90 bits per heavy atom. The van der Waals surface area contributed by atoms with E-state index in [1.165, 1.54) is 11.6 Å². The van der Waals surface area contributed by atoms with Gasteiger partial charge in [0.2, 0.25) is 0 Å². The largest absolute Gasteiger partial charge is 0.494 e. The second-order valence-electron chi connectivity index (χ2n) is 6.92. The van der Waals surface area contributed by atoms with Gasteiger partial charge in [0.1, 0.15) is 5.75 Å². The Balaban J connectivity index is 1.74. The third-order valence-corrected chi connectivity index (χ3v) is 4.74. The topological polar surface area (TPSA) is 131 Å². The maximum absolute atomic E-state index is 12.7. The number of hydrogen-bond acceptors (Lipinski definition) is 8. The molecule has 0 radical (unpaired) electrons. The van der Waals surface area contributed by atoms with Gasteiger partial charge in [-0.05, 0) is 48.9 Å². The summed E-state index contributed by atoms with van der Waals surface area (Å²) in [7, 11) is 1.42. The summed E-state index contributed by atoms with van der Waals surface area (Å²) in [5.74, 6) is 0.983. The van der Waals surface area contributed by atoms with Crippen molar-refractivity contribution in [1.82, 2.24) is 29.3 Å². The zero-order chi connectivity index (χ0) is 21.8. The molecule has 0 spiro atoms. The van der Waals surface area contributed by atoms with Crippen molar-refractivity contribution >= 4 is 11.2 Å². The van der Waals surface area contributed by atoms with E-state index in [9.17, 15) is 9.59 Å². The summed E-state index contributed by atoms with van der Waals surface area (Å²) in [5, 5.41) is 8.33. The summed E-state index contributed by atoms with van der Waals surface area (Å²) in [6, 6.07) is 10.8. The molecule has 10 heteroatoms. The van der Waals surface area contributed by atoms with Gasteiger partial charge in [0.25, 0.3) is 5.56 Å². The molecule has 4 aromatic rings. The number of pyridine rings is 1. The first kappa shape index (κ1) is 20.4. The minimum atomic E-state index is -0.527. The molecule has 0 aliphatic carbocycles. The predicted octanol–water partition coefficient (Wildman–Crippen LogP) is 0.723. The molecule has 1 aromatic carbocycles. The van der Waals surface area contributed by atoms with Crippen LogP contribution in [0, 0.1) is 0 Å². The molecule has 0 fully saturated rings. The number of benzene rings is 1. The highest BCUT2D eigenvalue weighted by atomic mass is 16.5. The lowest BCUT2D eigenvalue weighted by molar-refractivity contribution is 0.313. The Labute approximate surface area is 177 Å². The van der Waals surface area contributed by atoms with Crippen LogP contribution in [0.5, 0.6) is 5.75 Å². The summed E-state index contributed by atoms with van der Waals surface area (Å²) in [6.45, 7) is 1.30. The normalized spacial score (nSPS) is 11.0. The Hall–Kier alpha value is -3.92. The van der Waals surface area contributed by atoms with Crippen LogP contribution in [0.15, 0.2) is 58.4 Å². The molecular formula is C21H21N7O3. The van der Waals surface area contributed by atoms with Crippen LogP contribution in [-0.4, -0.2) is 42.5 Å². The first-order chi connectivity index (χ1) is 15.1. The Kier molecular flexibility index (Phi) is 5.80. The van der Waals surface area contributed by atoms with E-state index in [0.29, 0.717) is 24.5 Å². The predicted molar refractivity (Wildman–Crippen MR) is 115 cm³/mol. The molecule has 3 aromatic heterocycles. The van der Waals surface area contributed by atoms with Crippen LogP contribution >= 0.6 is 0 Å². The van der Waals surface area contributed by atoms with E-state index in [4.69, 9.17) is 10.5 Å². The van der Waals surface area contributed by atoms with Crippen LogP contribution in [0.3, 0.4) is 0 Å². The third kappa shape index (κ3) is 4.19. The fourth-order valence-corrected chi connectivity index (χ4v) is 3.08. The minimum absolute atomic E-state index is 0.0688. The molecule has 0 unspecified atom stereocenters. The lowest BCUT2D eigenvalue weighted by Crippen LogP contribution is -2.39. The molecule has 0 atom stereocenters. The Bertz CT molecular complexity index is 1320. The average molecular weight is 419 g/mol. The van der Waals surface area contributed by atoms with Gasteiger partial charge in [-0.25, -0.2) is 9.78 Å². The molecule has 0 aliphatic rings. The Morgan fingerprint density at radius 1 is 1.10 bits per heavy atom. The van der Waals surface area contributed by atoms with Gasteiger partial charge in [-0.2, -0.15) is 0 Å². The first-order valence-electron chi connectivity index (χ1n) is 9.75. The molecule has 0 saturated heterocycles. The number of hydrogen-bond donors (Lipinski definition) is 1. The fraction of sp³-hybridized carbons (Fsp3) is 0.238. The minimum Gasteiger partial charge on any atom is -0.494 e. The molecule has 31 heavy (non-hydrogen) atoms. The van der Waals surface area contributed by atoms with Gasteiger partial charge in [-0.15, -0.1) is 10.2 Å². The third-order valence-electron chi connectivity index (χ3n) is 4.74. The lowest BCUT2D eigenvalue weighted by atomic mass is 10.2. The summed E-state index contributed by atoms with van der Waals surface area (Å²) < 4.78 is 7.98. The lowest BCUT2D eigenvalue weighted by Gasteiger charge is -2.11. The van der Waals surface area contributed by atoms with E-state index in [2.05, 4.69) is 20.2 Å². The molecule has 158 valence electrons. The van der Waals surface area contributed by atoms with Gasteiger partial charge in [0.05, 0.1) is 13.2 Å². The maximum atomic E-state index is 12.7. The van der Waals surface area contributed by atoms with Crippen molar-refractivity contribution < 1.29 is 4.74 Å². The van der Waals surface area contributed by atoms with Crippen LogP contribution < -0.4 is 21.7 Å². The quantitative estimate of drug-likeness (QED) is 0.434. The standard InChI is InChI=1S/C21H21N7O3/c1-27-20(29)17-19(28(21(27)30)13-14-4-2-10-23-12-14)26-25-18(24-17)15-5-7-16(8-6-15)31-11-3-9-22/h2,4-8,10,12H,3,9,11,13,22H2,1H3. The van der Waals surface area contributed by atoms with Crippen LogP contribution in [0.2, 0.25) is 0 Å². The summed E-state index contributed by atoms with van der Waals surface area (Å²) >= 11 is 0. The van der Waals surface area contributed by atoms with Gasteiger partial charge in [0.15, 0.2) is 17.0 Å². The van der Waals surface area contributed by atoms with Gasteiger partial charge < -0.3 is 10.5 Å². The van der Waals surface area contributed by atoms with Crippen molar-refractivity contribution in [3.05, 3.63) is 75.2 Å². The van der Waals surface area contributed by atoms with Gasteiger partial charge in [-0.3, -0.25) is 18.9 Å².